The van der Waals surface area contributed by atoms with Crippen molar-refractivity contribution in [3.63, 3.8) is 0 Å². The predicted octanol–water partition coefficient (Wildman–Crippen LogP) is 0.0728. The Morgan fingerprint density at radius 1 is 1.25 bits per heavy atom. The number of nitrogens with zero attached hydrogens (tertiary/aromatic N) is 1. The zero-order chi connectivity index (χ0) is 11.9. The lowest BCUT2D eigenvalue weighted by Gasteiger charge is -2.09. The number of carbonyl (C=O) groups is 3. The Balaban J connectivity index is 2.48. The Hall–Kier alpha value is -2.37. The molecule has 6 nitrogen and oxygen atoms in total. The van der Waals surface area contributed by atoms with Gasteiger partial charge >= 0.3 is 5.97 Å². The van der Waals surface area contributed by atoms with Crippen LogP contribution in [0, 0.1) is 0 Å². The Morgan fingerprint density at radius 2 is 1.94 bits per heavy atom. The molecule has 6 heteroatoms. The summed E-state index contributed by atoms with van der Waals surface area (Å²) in [5, 5.41) is 18.0. The smallest absolute Gasteiger partial charge is 0.323 e. The van der Waals surface area contributed by atoms with E-state index in [1.165, 1.54) is 18.2 Å². The largest absolute Gasteiger partial charge is 0.507 e. The lowest BCUT2D eigenvalue weighted by atomic mass is 10.1. The molecule has 0 atom stereocenters. The number of hydrogen-bond donors (Lipinski definition) is 2. The molecular weight excluding hydrogens is 214 g/mol. The van der Waals surface area contributed by atoms with E-state index >= 15 is 0 Å². The highest BCUT2D eigenvalue weighted by Gasteiger charge is 2.38. The summed E-state index contributed by atoms with van der Waals surface area (Å²) in [6.07, 6.45) is 0. The molecule has 0 saturated carbocycles. The van der Waals surface area contributed by atoms with Crippen molar-refractivity contribution in [1.29, 1.82) is 0 Å². The quantitative estimate of drug-likeness (QED) is 0.689. The van der Waals surface area contributed by atoms with Crippen molar-refractivity contribution in [3.05, 3.63) is 29.3 Å². The lowest BCUT2D eigenvalue weighted by Crippen LogP contribution is -2.34. The summed E-state index contributed by atoms with van der Waals surface area (Å²) < 4.78 is 0. The number of aromatic hydroxyl groups is 1. The molecule has 1 aliphatic rings. The first-order valence-electron chi connectivity index (χ1n) is 4.42. The SMILES string of the molecule is O=C(O)CN1C(=O)c2cccc(O)c2C1=O. The van der Waals surface area contributed by atoms with Gasteiger partial charge in [-0.25, -0.2) is 0 Å². The van der Waals surface area contributed by atoms with E-state index in [1.54, 1.807) is 0 Å². The Labute approximate surface area is 89.7 Å². The molecule has 1 aliphatic heterocycles. The van der Waals surface area contributed by atoms with Gasteiger partial charge in [0, 0.05) is 0 Å². The molecule has 2 N–H and O–H groups in total. The Bertz CT molecular complexity index is 508. The van der Waals surface area contributed by atoms with Crippen molar-refractivity contribution >= 4 is 17.8 Å². The molecule has 0 aromatic heterocycles. The molecular formula is C10H7NO5. The number of phenols is 1. The number of rotatable bonds is 2. The standard InChI is InChI=1S/C10H7NO5/c12-6-3-1-2-5-8(6)10(16)11(9(5)15)4-7(13)14/h1-3,12H,4H2,(H,13,14). The van der Waals surface area contributed by atoms with Crippen LogP contribution in [-0.4, -0.2) is 39.4 Å². The predicted molar refractivity (Wildman–Crippen MR) is 51.1 cm³/mol. The first kappa shape index (κ1) is 10.2. The van der Waals surface area contributed by atoms with Crippen molar-refractivity contribution < 1.29 is 24.6 Å². The fourth-order valence-corrected chi connectivity index (χ4v) is 1.59. The van der Waals surface area contributed by atoms with Crippen LogP contribution in [0.4, 0.5) is 0 Å². The topological polar surface area (TPSA) is 94.9 Å². The summed E-state index contributed by atoms with van der Waals surface area (Å²) in [5.74, 6) is -3.07. The number of fused-ring (bicyclic) bond motifs is 1. The third kappa shape index (κ3) is 1.31. The average Bonchev–Trinajstić information content (AvgIpc) is 2.44. The van der Waals surface area contributed by atoms with E-state index in [-0.39, 0.29) is 16.9 Å². The van der Waals surface area contributed by atoms with Crippen LogP contribution in [0.25, 0.3) is 0 Å². The molecule has 0 unspecified atom stereocenters. The minimum absolute atomic E-state index is 0.0336. The van der Waals surface area contributed by atoms with Gasteiger partial charge in [0.2, 0.25) is 0 Å². The number of carboxylic acids is 1. The highest BCUT2D eigenvalue weighted by atomic mass is 16.4. The minimum Gasteiger partial charge on any atom is -0.507 e. The molecule has 0 spiro atoms. The van der Waals surface area contributed by atoms with Gasteiger partial charge in [0.1, 0.15) is 12.3 Å². The van der Waals surface area contributed by atoms with Crippen molar-refractivity contribution in [3.8, 4) is 5.75 Å². The molecule has 0 saturated heterocycles. The molecule has 0 fully saturated rings. The van der Waals surface area contributed by atoms with Crippen LogP contribution in [0.2, 0.25) is 0 Å². The molecule has 0 aliphatic carbocycles. The zero-order valence-corrected chi connectivity index (χ0v) is 8.01. The summed E-state index contributed by atoms with van der Waals surface area (Å²) in [6.45, 7) is -0.703. The molecule has 1 heterocycles. The van der Waals surface area contributed by atoms with Gasteiger partial charge in [-0.15, -0.1) is 0 Å². The molecule has 82 valence electrons. The third-order valence-electron chi connectivity index (χ3n) is 2.27. The van der Waals surface area contributed by atoms with Gasteiger partial charge in [0.25, 0.3) is 11.8 Å². The normalized spacial score (nSPS) is 14.1. The van der Waals surface area contributed by atoms with E-state index in [0.29, 0.717) is 4.90 Å². The number of imide groups is 1. The number of carbonyl (C=O) groups excluding carboxylic acids is 2. The summed E-state index contributed by atoms with van der Waals surface area (Å²) in [5.41, 5.74) is -0.0972. The summed E-state index contributed by atoms with van der Waals surface area (Å²) in [7, 11) is 0. The van der Waals surface area contributed by atoms with Gasteiger partial charge in [0.05, 0.1) is 11.1 Å². The summed E-state index contributed by atoms with van der Waals surface area (Å²) >= 11 is 0. The number of aliphatic carboxylic acids is 1. The van der Waals surface area contributed by atoms with E-state index in [9.17, 15) is 19.5 Å². The van der Waals surface area contributed by atoms with Gasteiger partial charge in [0.15, 0.2) is 0 Å². The number of benzene rings is 1. The molecule has 1 aromatic rings. The van der Waals surface area contributed by atoms with Crippen LogP contribution in [0.15, 0.2) is 18.2 Å². The number of carboxylic acid groups (broad SMARTS) is 1. The summed E-state index contributed by atoms with van der Waals surface area (Å²) in [4.78, 5) is 34.3. The van der Waals surface area contributed by atoms with E-state index < -0.39 is 24.3 Å². The summed E-state index contributed by atoms with van der Waals surface area (Å²) in [6, 6.07) is 4.06. The second-order valence-corrected chi connectivity index (χ2v) is 3.29. The minimum atomic E-state index is -1.28. The highest BCUT2D eigenvalue weighted by molar-refractivity contribution is 6.23. The lowest BCUT2D eigenvalue weighted by molar-refractivity contribution is -0.137. The second kappa shape index (κ2) is 3.34. The number of hydrogen-bond acceptors (Lipinski definition) is 4. The first-order chi connectivity index (χ1) is 7.52. The average molecular weight is 221 g/mol. The zero-order valence-electron chi connectivity index (χ0n) is 8.01. The monoisotopic (exact) mass is 221 g/mol. The van der Waals surface area contributed by atoms with Crippen molar-refractivity contribution in [2.45, 2.75) is 0 Å². The van der Waals surface area contributed by atoms with Crippen molar-refractivity contribution in [2.24, 2.45) is 0 Å². The number of phenolic OH excluding ortho intramolecular Hbond substituents is 1. The third-order valence-corrected chi connectivity index (χ3v) is 2.27. The van der Waals surface area contributed by atoms with Crippen molar-refractivity contribution in [2.75, 3.05) is 6.54 Å². The van der Waals surface area contributed by atoms with Gasteiger partial charge in [-0.2, -0.15) is 0 Å². The molecule has 2 amide bonds. The van der Waals surface area contributed by atoms with Gasteiger partial charge in [-0.3, -0.25) is 19.3 Å². The molecule has 16 heavy (non-hydrogen) atoms. The van der Waals surface area contributed by atoms with Crippen LogP contribution in [0.3, 0.4) is 0 Å². The Morgan fingerprint density at radius 3 is 2.50 bits per heavy atom. The van der Waals surface area contributed by atoms with E-state index in [0.717, 1.165) is 0 Å². The Kier molecular flexibility index (Phi) is 2.12. The van der Waals surface area contributed by atoms with E-state index in [4.69, 9.17) is 5.11 Å². The second-order valence-electron chi connectivity index (χ2n) is 3.29. The maximum absolute atomic E-state index is 11.6. The van der Waals surface area contributed by atoms with Crippen molar-refractivity contribution in [1.82, 2.24) is 4.90 Å². The van der Waals surface area contributed by atoms with Crippen LogP contribution in [0.5, 0.6) is 5.75 Å². The molecule has 2 rings (SSSR count). The molecule has 0 bridgehead atoms. The molecule has 1 aromatic carbocycles. The maximum atomic E-state index is 11.6. The van der Waals surface area contributed by atoms with Crippen LogP contribution >= 0.6 is 0 Å². The van der Waals surface area contributed by atoms with E-state index in [2.05, 4.69) is 0 Å². The number of amides is 2. The van der Waals surface area contributed by atoms with Gasteiger partial charge < -0.3 is 10.2 Å². The fraction of sp³-hybridized carbons (Fsp3) is 0.100. The van der Waals surface area contributed by atoms with Gasteiger partial charge in [-0.1, -0.05) is 6.07 Å². The fourth-order valence-electron chi connectivity index (χ4n) is 1.59. The first-order valence-corrected chi connectivity index (χ1v) is 4.42. The van der Waals surface area contributed by atoms with Gasteiger partial charge in [-0.05, 0) is 12.1 Å². The van der Waals surface area contributed by atoms with Crippen LogP contribution < -0.4 is 0 Å². The highest BCUT2D eigenvalue weighted by Crippen LogP contribution is 2.29. The van der Waals surface area contributed by atoms with Crippen LogP contribution in [-0.2, 0) is 4.79 Å². The van der Waals surface area contributed by atoms with E-state index in [1.807, 2.05) is 0 Å². The maximum Gasteiger partial charge on any atom is 0.323 e. The molecule has 0 radical (unpaired) electrons. The van der Waals surface area contributed by atoms with Crippen LogP contribution in [0.1, 0.15) is 20.7 Å².